The van der Waals surface area contributed by atoms with Gasteiger partial charge in [-0.2, -0.15) is 26.3 Å². The first-order valence-electron chi connectivity index (χ1n) is 7.53. The van der Waals surface area contributed by atoms with Crippen LogP contribution in [-0.4, -0.2) is 38.2 Å². The predicted octanol–water partition coefficient (Wildman–Crippen LogP) is 3.87. The van der Waals surface area contributed by atoms with Crippen molar-refractivity contribution in [3.63, 3.8) is 0 Å². The number of ether oxygens (including phenoxy) is 1. The van der Waals surface area contributed by atoms with E-state index in [-0.39, 0.29) is 11.6 Å². The molecule has 2 rings (SSSR count). The lowest BCUT2D eigenvalue weighted by atomic mass is 9.94. The summed E-state index contributed by atoms with van der Waals surface area (Å²) >= 11 is 0. The molecule has 1 aromatic carbocycles. The van der Waals surface area contributed by atoms with Gasteiger partial charge < -0.3 is 10.1 Å². The molecule has 1 atom stereocenters. The van der Waals surface area contributed by atoms with E-state index in [0.717, 1.165) is 7.11 Å². The number of nitrogens with one attached hydrogen (secondary N) is 1. The lowest BCUT2D eigenvalue weighted by Gasteiger charge is -2.35. The minimum absolute atomic E-state index is 0.135. The monoisotopic (exact) mass is 368 g/mol. The molecule has 1 heterocycles. The first kappa shape index (κ1) is 19.6. The number of halogens is 6. The van der Waals surface area contributed by atoms with Gasteiger partial charge in [-0.25, -0.2) is 0 Å². The van der Waals surface area contributed by atoms with Gasteiger partial charge in [0.1, 0.15) is 5.75 Å². The maximum atomic E-state index is 13.5. The number of methoxy groups -OCH3 is 1. The molecule has 140 valence electrons. The maximum Gasteiger partial charge on any atom is 0.416 e. The first-order chi connectivity index (χ1) is 11.6. The summed E-state index contributed by atoms with van der Waals surface area (Å²) in [5.74, 6) is -0.453. The maximum absolute atomic E-state index is 13.5. The Kier molecular flexibility index (Phi) is 5.68. The van der Waals surface area contributed by atoms with Crippen molar-refractivity contribution in [2.24, 2.45) is 0 Å². The standard InChI is InChI=1S/C16H18F6N2O/c1-3-12(24-6-4-23-5-7-24)14-11(16(20,21)22)8-10(15(17,18)19)9-13(14)25-2/h3,8-9,12,23H,1,4-7H2,2H3/t12-/m1/s1. The third kappa shape index (κ3) is 4.27. The summed E-state index contributed by atoms with van der Waals surface area (Å²) < 4.78 is 84.4. The molecular weight excluding hydrogens is 350 g/mol. The lowest BCUT2D eigenvalue weighted by Crippen LogP contribution is -2.45. The highest BCUT2D eigenvalue weighted by Gasteiger charge is 2.42. The number of hydrogen-bond acceptors (Lipinski definition) is 3. The molecule has 1 aromatic rings. The van der Waals surface area contributed by atoms with Crippen LogP contribution in [-0.2, 0) is 12.4 Å². The van der Waals surface area contributed by atoms with Crippen molar-refractivity contribution in [2.75, 3.05) is 33.3 Å². The van der Waals surface area contributed by atoms with Crippen LogP contribution in [0.15, 0.2) is 24.8 Å². The van der Waals surface area contributed by atoms with E-state index in [0.29, 0.717) is 32.2 Å². The molecule has 0 radical (unpaired) electrons. The van der Waals surface area contributed by atoms with E-state index in [4.69, 9.17) is 4.74 Å². The van der Waals surface area contributed by atoms with E-state index in [1.165, 1.54) is 6.08 Å². The molecule has 0 bridgehead atoms. The van der Waals surface area contributed by atoms with Crippen LogP contribution in [0.1, 0.15) is 22.7 Å². The van der Waals surface area contributed by atoms with Crippen molar-refractivity contribution in [1.82, 2.24) is 10.2 Å². The Bertz CT molecular complexity index is 620. The molecule has 25 heavy (non-hydrogen) atoms. The minimum Gasteiger partial charge on any atom is -0.496 e. The van der Waals surface area contributed by atoms with Crippen LogP contribution >= 0.6 is 0 Å². The van der Waals surface area contributed by atoms with E-state index in [1.54, 1.807) is 4.90 Å². The molecular formula is C16H18F6N2O. The Balaban J connectivity index is 2.66. The Labute approximate surface area is 141 Å². The number of benzene rings is 1. The van der Waals surface area contributed by atoms with Crippen LogP contribution in [0.25, 0.3) is 0 Å². The van der Waals surface area contributed by atoms with Gasteiger partial charge >= 0.3 is 12.4 Å². The third-order valence-corrected chi connectivity index (χ3v) is 4.06. The van der Waals surface area contributed by atoms with Crippen molar-refractivity contribution in [3.05, 3.63) is 41.5 Å². The van der Waals surface area contributed by atoms with E-state index in [2.05, 4.69) is 11.9 Å². The summed E-state index contributed by atoms with van der Waals surface area (Å²) in [6, 6.07) is -0.171. The molecule has 0 saturated carbocycles. The number of piperazine rings is 1. The summed E-state index contributed by atoms with van der Waals surface area (Å²) in [6.45, 7) is 5.59. The van der Waals surface area contributed by atoms with E-state index in [9.17, 15) is 26.3 Å². The SMILES string of the molecule is C=C[C@H](c1c(OC)cc(C(F)(F)F)cc1C(F)(F)F)N1CCNCC1. The number of nitrogens with zero attached hydrogens (tertiary/aromatic N) is 1. The van der Waals surface area contributed by atoms with Crippen LogP contribution < -0.4 is 10.1 Å². The highest BCUT2D eigenvalue weighted by atomic mass is 19.4. The second-order valence-electron chi connectivity index (χ2n) is 5.60. The second kappa shape index (κ2) is 7.25. The normalized spacial score (nSPS) is 18.0. The fourth-order valence-electron chi connectivity index (χ4n) is 2.91. The molecule has 0 amide bonds. The number of hydrogen-bond donors (Lipinski definition) is 1. The van der Waals surface area contributed by atoms with E-state index in [1.807, 2.05) is 0 Å². The quantitative estimate of drug-likeness (QED) is 0.645. The Morgan fingerprint density at radius 2 is 1.72 bits per heavy atom. The summed E-state index contributed by atoms with van der Waals surface area (Å²) in [6.07, 6.45) is -8.57. The molecule has 1 N–H and O–H groups in total. The zero-order valence-corrected chi connectivity index (χ0v) is 13.5. The Morgan fingerprint density at radius 3 is 2.16 bits per heavy atom. The number of alkyl halides is 6. The van der Waals surface area contributed by atoms with Crippen molar-refractivity contribution in [2.45, 2.75) is 18.4 Å². The molecule has 3 nitrogen and oxygen atoms in total. The molecule has 1 aliphatic heterocycles. The lowest BCUT2D eigenvalue weighted by molar-refractivity contribution is -0.144. The molecule has 9 heteroatoms. The Morgan fingerprint density at radius 1 is 1.12 bits per heavy atom. The zero-order chi connectivity index (χ0) is 18.8. The van der Waals surface area contributed by atoms with Crippen LogP contribution in [0.5, 0.6) is 5.75 Å². The summed E-state index contributed by atoms with van der Waals surface area (Å²) in [4.78, 5) is 1.73. The molecule has 1 saturated heterocycles. The molecule has 0 aromatic heterocycles. The molecule has 1 fully saturated rings. The van der Waals surface area contributed by atoms with Gasteiger partial charge in [0.25, 0.3) is 0 Å². The van der Waals surface area contributed by atoms with Crippen molar-refractivity contribution in [1.29, 1.82) is 0 Å². The van der Waals surface area contributed by atoms with Crippen molar-refractivity contribution in [3.8, 4) is 5.75 Å². The minimum atomic E-state index is -4.96. The van der Waals surface area contributed by atoms with Gasteiger partial charge in [0.2, 0.25) is 0 Å². The third-order valence-electron chi connectivity index (χ3n) is 4.06. The largest absolute Gasteiger partial charge is 0.496 e. The molecule has 1 aliphatic rings. The molecule has 0 spiro atoms. The van der Waals surface area contributed by atoms with Gasteiger partial charge in [-0.15, -0.1) is 6.58 Å². The van der Waals surface area contributed by atoms with Gasteiger partial charge in [0.05, 0.1) is 24.3 Å². The fourth-order valence-corrected chi connectivity index (χ4v) is 2.91. The summed E-state index contributed by atoms with van der Waals surface area (Å²) in [5, 5.41) is 3.07. The van der Waals surface area contributed by atoms with Crippen molar-refractivity contribution >= 4 is 0 Å². The fraction of sp³-hybridized carbons (Fsp3) is 0.500. The van der Waals surface area contributed by atoms with E-state index < -0.39 is 35.3 Å². The zero-order valence-electron chi connectivity index (χ0n) is 13.5. The van der Waals surface area contributed by atoms with Gasteiger partial charge in [-0.1, -0.05) is 6.08 Å². The van der Waals surface area contributed by atoms with Crippen molar-refractivity contribution < 1.29 is 31.1 Å². The average molecular weight is 368 g/mol. The van der Waals surface area contributed by atoms with Gasteiger partial charge in [-0.3, -0.25) is 4.90 Å². The summed E-state index contributed by atoms with van der Waals surface area (Å²) in [7, 11) is 1.05. The highest BCUT2D eigenvalue weighted by Crippen LogP contribution is 2.45. The highest BCUT2D eigenvalue weighted by molar-refractivity contribution is 5.49. The van der Waals surface area contributed by atoms with Crippen LogP contribution in [0.4, 0.5) is 26.3 Å². The van der Waals surface area contributed by atoms with E-state index >= 15 is 0 Å². The van der Waals surface area contributed by atoms with Crippen LogP contribution in [0.3, 0.4) is 0 Å². The van der Waals surface area contributed by atoms with Gasteiger partial charge in [-0.05, 0) is 12.1 Å². The molecule has 0 aliphatic carbocycles. The van der Waals surface area contributed by atoms with Crippen LogP contribution in [0.2, 0.25) is 0 Å². The second-order valence-corrected chi connectivity index (χ2v) is 5.60. The Hall–Kier alpha value is -1.74. The van der Waals surface area contributed by atoms with Crippen LogP contribution in [0, 0.1) is 0 Å². The smallest absolute Gasteiger partial charge is 0.416 e. The number of rotatable bonds is 4. The predicted molar refractivity (Wildman–Crippen MR) is 80.4 cm³/mol. The topological polar surface area (TPSA) is 24.5 Å². The first-order valence-corrected chi connectivity index (χ1v) is 7.53. The molecule has 0 unspecified atom stereocenters. The summed E-state index contributed by atoms with van der Waals surface area (Å²) in [5.41, 5.74) is -3.11. The average Bonchev–Trinajstić information content (AvgIpc) is 2.54. The van der Waals surface area contributed by atoms with Gasteiger partial charge in [0.15, 0.2) is 0 Å². The van der Waals surface area contributed by atoms with Gasteiger partial charge in [0, 0.05) is 31.7 Å².